The molecule has 0 amide bonds. The molecular weight excluding hydrogens is 282 g/mol. The summed E-state index contributed by atoms with van der Waals surface area (Å²) in [6.45, 7) is 9.33. The molecule has 1 atom stereocenters. The van der Waals surface area contributed by atoms with Crippen LogP contribution in [-0.2, 0) is 15.8 Å². The number of aryl methyl sites for hydroxylation is 1. The van der Waals surface area contributed by atoms with Crippen molar-refractivity contribution in [1.29, 1.82) is 0 Å². The van der Waals surface area contributed by atoms with E-state index in [1.54, 1.807) is 18.4 Å². The van der Waals surface area contributed by atoms with Crippen molar-refractivity contribution in [3.8, 4) is 5.75 Å². The van der Waals surface area contributed by atoms with Crippen LogP contribution in [0.1, 0.15) is 42.6 Å². The van der Waals surface area contributed by atoms with Gasteiger partial charge in [-0.2, -0.15) is 0 Å². The summed E-state index contributed by atoms with van der Waals surface area (Å²) >= 11 is 1.65. The third kappa shape index (κ3) is 2.47. The van der Waals surface area contributed by atoms with Crippen LogP contribution in [0.25, 0.3) is 0 Å². The van der Waals surface area contributed by atoms with Gasteiger partial charge in [-0.25, -0.2) is 4.98 Å². The summed E-state index contributed by atoms with van der Waals surface area (Å²) in [5.41, 5.74) is 3.09. The zero-order valence-electron chi connectivity index (χ0n) is 13.2. The first-order chi connectivity index (χ1) is 9.87. The first-order valence-electron chi connectivity index (χ1n) is 7.12. The van der Waals surface area contributed by atoms with Gasteiger partial charge in [-0.05, 0) is 30.0 Å². The minimum atomic E-state index is -0.411. The summed E-state index contributed by atoms with van der Waals surface area (Å²) in [7, 11) is 1.71. The van der Waals surface area contributed by atoms with Gasteiger partial charge in [0.1, 0.15) is 10.8 Å². The highest BCUT2D eigenvalue weighted by Crippen LogP contribution is 2.50. The Balaban J connectivity index is 2.12. The van der Waals surface area contributed by atoms with Crippen LogP contribution in [-0.4, -0.2) is 18.7 Å². The Morgan fingerprint density at radius 3 is 2.52 bits per heavy atom. The predicted molar refractivity (Wildman–Crippen MR) is 85.3 cm³/mol. The average Bonchev–Trinajstić information content (AvgIpc) is 3.13. The normalized spacial score (nSPS) is 21.4. The molecule has 2 aromatic rings. The molecule has 1 aromatic heterocycles. The molecule has 21 heavy (non-hydrogen) atoms. The second-order valence-electron chi connectivity index (χ2n) is 6.57. The molecule has 1 aromatic carbocycles. The number of methoxy groups -OCH3 is 1. The first-order valence-corrected chi connectivity index (χ1v) is 8.00. The largest absolute Gasteiger partial charge is 0.496 e. The number of nitrogens with zero attached hydrogens (tertiary/aromatic N) is 1. The molecule has 3 rings (SSSR count). The van der Waals surface area contributed by atoms with E-state index in [4.69, 9.17) is 9.47 Å². The lowest BCUT2D eigenvalue weighted by molar-refractivity contribution is 0.332. The minimum absolute atomic E-state index is 0.0932. The van der Waals surface area contributed by atoms with Crippen molar-refractivity contribution in [3.05, 3.63) is 45.4 Å². The van der Waals surface area contributed by atoms with Gasteiger partial charge in [-0.15, -0.1) is 11.3 Å². The van der Waals surface area contributed by atoms with Crippen LogP contribution in [0.4, 0.5) is 0 Å². The molecule has 1 fully saturated rings. The lowest BCUT2D eigenvalue weighted by Gasteiger charge is -2.22. The Morgan fingerprint density at radius 1 is 1.33 bits per heavy atom. The molecule has 1 aliphatic heterocycles. The van der Waals surface area contributed by atoms with E-state index >= 15 is 0 Å². The molecule has 0 saturated carbocycles. The zero-order valence-corrected chi connectivity index (χ0v) is 14.0. The summed E-state index contributed by atoms with van der Waals surface area (Å²) in [5, 5.41) is 3.09. The van der Waals surface area contributed by atoms with Gasteiger partial charge in [0.25, 0.3) is 0 Å². The van der Waals surface area contributed by atoms with Crippen LogP contribution >= 0.6 is 11.3 Å². The number of epoxide rings is 1. The molecule has 112 valence electrons. The summed E-state index contributed by atoms with van der Waals surface area (Å²) < 4.78 is 11.4. The zero-order chi connectivity index (χ0) is 15.3. The number of hydrogen-bond acceptors (Lipinski definition) is 4. The van der Waals surface area contributed by atoms with Crippen molar-refractivity contribution >= 4 is 11.3 Å². The van der Waals surface area contributed by atoms with Gasteiger partial charge >= 0.3 is 0 Å². The molecule has 1 aliphatic rings. The van der Waals surface area contributed by atoms with Crippen LogP contribution in [0.3, 0.4) is 0 Å². The maximum Gasteiger partial charge on any atom is 0.171 e. The molecular formula is C17H21NO2S. The highest BCUT2D eigenvalue weighted by Gasteiger charge is 2.52. The van der Waals surface area contributed by atoms with E-state index in [0.717, 1.165) is 22.0 Å². The van der Waals surface area contributed by atoms with E-state index in [9.17, 15) is 0 Å². The van der Waals surface area contributed by atoms with E-state index in [1.807, 2.05) is 13.0 Å². The highest BCUT2D eigenvalue weighted by molar-refractivity contribution is 7.09. The average molecular weight is 303 g/mol. The fourth-order valence-corrected chi connectivity index (χ4v) is 3.45. The van der Waals surface area contributed by atoms with Crippen molar-refractivity contribution in [2.45, 2.75) is 38.7 Å². The van der Waals surface area contributed by atoms with Crippen molar-refractivity contribution < 1.29 is 9.47 Å². The number of thiazole rings is 1. The van der Waals surface area contributed by atoms with Crippen molar-refractivity contribution in [2.75, 3.05) is 13.7 Å². The maximum absolute atomic E-state index is 5.86. The van der Waals surface area contributed by atoms with Crippen molar-refractivity contribution in [2.24, 2.45) is 0 Å². The lowest BCUT2D eigenvalue weighted by Crippen LogP contribution is -2.16. The molecule has 0 radical (unpaired) electrons. The van der Waals surface area contributed by atoms with Crippen LogP contribution in [0.2, 0.25) is 0 Å². The topological polar surface area (TPSA) is 34.6 Å². The van der Waals surface area contributed by atoms with E-state index in [-0.39, 0.29) is 5.41 Å². The Bertz CT molecular complexity index is 666. The summed E-state index contributed by atoms with van der Waals surface area (Å²) in [6.07, 6.45) is 0. The Labute approximate surface area is 129 Å². The minimum Gasteiger partial charge on any atom is -0.496 e. The number of hydrogen-bond donors (Lipinski definition) is 0. The fourth-order valence-electron chi connectivity index (χ4n) is 2.50. The van der Waals surface area contributed by atoms with Gasteiger partial charge in [0.2, 0.25) is 0 Å². The van der Waals surface area contributed by atoms with Crippen LogP contribution in [0.15, 0.2) is 23.6 Å². The summed E-state index contributed by atoms with van der Waals surface area (Å²) in [6, 6.07) is 6.38. The van der Waals surface area contributed by atoms with Gasteiger partial charge < -0.3 is 9.47 Å². The molecule has 0 aliphatic carbocycles. The van der Waals surface area contributed by atoms with E-state index < -0.39 is 5.60 Å². The van der Waals surface area contributed by atoms with E-state index in [0.29, 0.717) is 6.61 Å². The van der Waals surface area contributed by atoms with Crippen LogP contribution in [0.5, 0.6) is 5.75 Å². The second-order valence-corrected chi connectivity index (χ2v) is 7.43. The molecule has 0 bridgehead atoms. The van der Waals surface area contributed by atoms with Gasteiger partial charge in [-0.3, -0.25) is 0 Å². The second kappa shape index (κ2) is 4.82. The van der Waals surface area contributed by atoms with Gasteiger partial charge in [-0.1, -0.05) is 26.8 Å². The molecule has 3 nitrogen and oxygen atoms in total. The van der Waals surface area contributed by atoms with E-state index in [1.165, 1.54) is 5.56 Å². The Hall–Kier alpha value is -1.39. The lowest BCUT2D eigenvalue weighted by atomic mass is 9.84. The number of aromatic nitrogens is 1. The summed E-state index contributed by atoms with van der Waals surface area (Å²) in [4.78, 5) is 4.63. The van der Waals surface area contributed by atoms with Gasteiger partial charge in [0.05, 0.1) is 13.7 Å². The molecule has 0 spiro atoms. The third-order valence-corrected chi connectivity index (χ3v) is 5.00. The maximum atomic E-state index is 5.86. The van der Waals surface area contributed by atoms with E-state index in [2.05, 4.69) is 43.3 Å². The predicted octanol–water partition coefficient (Wildman–Crippen LogP) is 4.03. The molecule has 0 N–H and O–H groups in total. The standard InChI is InChI=1S/C17H21NO2S/c1-11-9-21-15(18-11)17(10-20-17)13-8-12(16(2,3)4)6-7-14(13)19-5/h6-9H,10H2,1-5H3. The fraction of sp³-hybridized carbons (Fsp3) is 0.471. The van der Waals surface area contributed by atoms with Crippen LogP contribution < -0.4 is 4.74 Å². The summed E-state index contributed by atoms with van der Waals surface area (Å²) in [5.74, 6) is 0.869. The van der Waals surface area contributed by atoms with Gasteiger partial charge in [0.15, 0.2) is 5.60 Å². The quantitative estimate of drug-likeness (QED) is 0.803. The molecule has 1 saturated heterocycles. The first kappa shape index (κ1) is 14.5. The number of ether oxygens (including phenoxy) is 2. The SMILES string of the molecule is COc1ccc(C(C)(C)C)cc1C1(c2nc(C)cs2)CO1. The Morgan fingerprint density at radius 2 is 2.05 bits per heavy atom. The Kier molecular flexibility index (Phi) is 3.34. The van der Waals surface area contributed by atoms with Crippen molar-refractivity contribution in [3.63, 3.8) is 0 Å². The molecule has 2 heterocycles. The van der Waals surface area contributed by atoms with Crippen LogP contribution in [0, 0.1) is 6.92 Å². The monoisotopic (exact) mass is 303 g/mol. The molecule has 4 heteroatoms. The smallest absolute Gasteiger partial charge is 0.171 e. The molecule has 1 unspecified atom stereocenters. The van der Waals surface area contributed by atoms with Gasteiger partial charge in [0, 0.05) is 16.6 Å². The third-order valence-electron chi connectivity index (χ3n) is 3.90. The highest BCUT2D eigenvalue weighted by atomic mass is 32.1. The number of rotatable bonds is 3. The van der Waals surface area contributed by atoms with Crippen molar-refractivity contribution in [1.82, 2.24) is 4.98 Å². The number of benzene rings is 1.